The lowest BCUT2D eigenvalue weighted by molar-refractivity contribution is -0.138. The molecule has 0 spiro atoms. The fourth-order valence-electron chi connectivity index (χ4n) is 5.82. The van der Waals surface area contributed by atoms with Crippen molar-refractivity contribution in [2.24, 2.45) is 0 Å². The molecule has 13 nitrogen and oxygen atoms in total. The van der Waals surface area contributed by atoms with Gasteiger partial charge in [0, 0.05) is 77.7 Å². The molecule has 286 valence electrons. The fourth-order valence-corrected chi connectivity index (χ4v) is 5.82. The molecular formula is C39H50N4O9S. The minimum atomic E-state index is -0.922. The van der Waals surface area contributed by atoms with Gasteiger partial charge in [0.2, 0.25) is 0 Å². The van der Waals surface area contributed by atoms with Gasteiger partial charge in [-0.3, -0.25) is 24.0 Å². The van der Waals surface area contributed by atoms with E-state index >= 15 is 0 Å². The molecule has 2 aromatic heterocycles. The summed E-state index contributed by atoms with van der Waals surface area (Å²) in [7, 11) is 0. The predicted octanol–water partition coefficient (Wildman–Crippen LogP) is 5.57. The van der Waals surface area contributed by atoms with Gasteiger partial charge in [0.1, 0.15) is 0 Å². The lowest BCUT2D eigenvalue weighted by Gasteiger charge is -2.07. The molecule has 14 heteroatoms. The standard InChI is InChI=1S/C33H36N4O6.C4H10O.C2H4O2S/c1-7-20-19(6)32(42)37-27(20)14-25-18(5)23(10-12-31(40)41)29(35-25)15-28-22(9-11-30(38)39)17(4)24(34-28)13-26-16(3)21(8-2)33(43)36-26;1-3-5-4-2;3-2(4)1-5/h7-8,13-14,34-35H,1-2,9-12,15H2,3-6H3,(H,36,43)(H,37,42)(H,38,39)(H,40,41);3-4H2,1-2H3;5H,1H2,(H,3,4)/b26-13-,27-14-;;. The van der Waals surface area contributed by atoms with Gasteiger partial charge >= 0.3 is 17.9 Å². The van der Waals surface area contributed by atoms with E-state index in [1.54, 1.807) is 13.0 Å². The van der Waals surface area contributed by atoms with Crippen molar-refractivity contribution >= 4 is 54.5 Å². The Bertz CT molecular complexity index is 1890. The highest BCUT2D eigenvalue weighted by molar-refractivity contribution is 7.81. The first-order valence-electron chi connectivity index (χ1n) is 17.0. The van der Waals surface area contributed by atoms with E-state index in [0.29, 0.717) is 34.5 Å². The van der Waals surface area contributed by atoms with Crippen molar-refractivity contribution < 1.29 is 44.0 Å². The predicted molar refractivity (Wildman–Crippen MR) is 207 cm³/mol. The highest BCUT2D eigenvalue weighted by Gasteiger charge is 2.25. The van der Waals surface area contributed by atoms with Crippen molar-refractivity contribution in [2.45, 2.75) is 73.6 Å². The third-order valence-electron chi connectivity index (χ3n) is 8.66. The first-order valence-corrected chi connectivity index (χ1v) is 17.7. The van der Waals surface area contributed by atoms with Crippen molar-refractivity contribution in [3.8, 4) is 0 Å². The first kappa shape index (κ1) is 43.8. The fraction of sp³-hybridized carbons (Fsp3) is 0.359. The van der Waals surface area contributed by atoms with Gasteiger partial charge in [0.25, 0.3) is 11.8 Å². The Morgan fingerprint density at radius 2 is 1.13 bits per heavy atom. The van der Waals surface area contributed by atoms with E-state index in [2.05, 4.69) is 46.4 Å². The van der Waals surface area contributed by atoms with Gasteiger partial charge in [0.05, 0.1) is 11.4 Å². The molecule has 0 atom stereocenters. The smallest absolute Gasteiger partial charge is 0.313 e. The van der Waals surface area contributed by atoms with Crippen LogP contribution in [0.5, 0.6) is 0 Å². The SMILES string of the molecule is C=CC1=C(C)/C(=C/c2[nH]c(Cc3[nH]c(/C=C4\NC(=O)C(C)=C4C=C)c(C)c3CCC(=O)O)c(CCC(=O)O)c2C)NC1=O.CCOCC.O=C(O)CS. The van der Waals surface area contributed by atoms with Crippen LogP contribution < -0.4 is 10.6 Å². The lowest BCUT2D eigenvalue weighted by atomic mass is 9.98. The summed E-state index contributed by atoms with van der Waals surface area (Å²) < 4.78 is 4.83. The van der Waals surface area contributed by atoms with E-state index in [-0.39, 0.29) is 43.3 Å². The zero-order valence-corrected chi connectivity index (χ0v) is 32.0. The Labute approximate surface area is 315 Å². The number of hydrogen-bond acceptors (Lipinski definition) is 7. The van der Waals surface area contributed by atoms with Crippen molar-refractivity contribution in [2.75, 3.05) is 19.0 Å². The van der Waals surface area contributed by atoms with Crippen molar-refractivity contribution in [1.29, 1.82) is 0 Å². The number of rotatable bonds is 15. The average molecular weight is 751 g/mol. The van der Waals surface area contributed by atoms with E-state index < -0.39 is 17.9 Å². The van der Waals surface area contributed by atoms with Crippen LogP contribution in [0.1, 0.15) is 85.6 Å². The number of hydrogen-bond donors (Lipinski definition) is 8. The second kappa shape index (κ2) is 20.6. The Morgan fingerprint density at radius 3 is 1.49 bits per heavy atom. The number of amides is 2. The van der Waals surface area contributed by atoms with Gasteiger partial charge in [-0.2, -0.15) is 12.6 Å². The Balaban J connectivity index is 0.000000858. The van der Waals surface area contributed by atoms with Crippen molar-refractivity contribution in [3.63, 3.8) is 0 Å². The summed E-state index contributed by atoms with van der Waals surface area (Å²) in [5.41, 5.74) is 10.2. The van der Waals surface area contributed by atoms with Crippen LogP contribution in [0.4, 0.5) is 0 Å². The number of thiol groups is 1. The van der Waals surface area contributed by atoms with Crippen molar-refractivity contribution in [1.82, 2.24) is 20.6 Å². The van der Waals surface area contributed by atoms with E-state index in [9.17, 15) is 34.2 Å². The number of nitrogens with one attached hydrogen (secondary N) is 4. The molecule has 2 aromatic rings. The summed E-state index contributed by atoms with van der Waals surface area (Å²) in [6.45, 7) is 20.6. The summed E-state index contributed by atoms with van der Waals surface area (Å²) in [5, 5.41) is 32.2. The maximum absolute atomic E-state index is 12.3. The minimum Gasteiger partial charge on any atom is -0.481 e. The van der Waals surface area contributed by atoms with Crippen LogP contribution in [-0.4, -0.2) is 74.0 Å². The third-order valence-corrected chi connectivity index (χ3v) is 8.93. The molecule has 0 aromatic carbocycles. The molecule has 0 unspecified atom stereocenters. The molecular weight excluding hydrogens is 701 g/mol. The Kier molecular flexibility index (Phi) is 17.1. The largest absolute Gasteiger partial charge is 0.481 e. The number of carboxylic acid groups (broad SMARTS) is 3. The monoisotopic (exact) mass is 750 g/mol. The first-order chi connectivity index (χ1) is 25.0. The second-order valence-corrected chi connectivity index (χ2v) is 12.4. The quantitative estimate of drug-likeness (QED) is 0.107. The summed E-state index contributed by atoms with van der Waals surface area (Å²) in [5.74, 6) is -3.24. The molecule has 0 radical (unpaired) electrons. The number of aliphatic carboxylic acids is 3. The molecule has 2 amide bonds. The summed E-state index contributed by atoms with van der Waals surface area (Å²) >= 11 is 3.42. The molecule has 0 saturated carbocycles. The lowest BCUT2D eigenvalue weighted by Crippen LogP contribution is -2.15. The van der Waals surface area contributed by atoms with E-state index in [1.165, 1.54) is 6.08 Å². The number of aromatic nitrogens is 2. The van der Waals surface area contributed by atoms with Crippen LogP contribution in [0.25, 0.3) is 12.2 Å². The zero-order chi connectivity index (χ0) is 40.0. The van der Waals surface area contributed by atoms with Gasteiger partial charge < -0.3 is 40.7 Å². The third kappa shape index (κ3) is 11.8. The molecule has 0 saturated heterocycles. The minimum absolute atomic E-state index is 0.0688. The molecule has 4 heterocycles. The van der Waals surface area contributed by atoms with Crippen LogP contribution >= 0.6 is 12.6 Å². The Hall–Kier alpha value is -5.34. The molecule has 2 aliphatic heterocycles. The molecule has 0 fully saturated rings. The highest BCUT2D eigenvalue weighted by Crippen LogP contribution is 2.31. The number of aromatic amines is 2. The van der Waals surface area contributed by atoms with Gasteiger partial charge in [-0.05, 0) is 94.4 Å². The van der Waals surface area contributed by atoms with Crippen LogP contribution in [0.2, 0.25) is 0 Å². The average Bonchev–Trinajstić information content (AvgIpc) is 3.75. The van der Waals surface area contributed by atoms with Crippen LogP contribution in [0, 0.1) is 13.8 Å². The topological polar surface area (TPSA) is 211 Å². The van der Waals surface area contributed by atoms with E-state index in [1.807, 2.05) is 46.8 Å². The summed E-state index contributed by atoms with van der Waals surface area (Å²) in [6, 6.07) is 0. The number of carbonyl (C=O) groups is 5. The maximum atomic E-state index is 12.3. The number of carboxylic acids is 3. The second-order valence-electron chi connectivity index (χ2n) is 12.0. The van der Waals surface area contributed by atoms with Gasteiger partial charge in [-0.25, -0.2) is 0 Å². The van der Waals surface area contributed by atoms with Gasteiger partial charge in [-0.1, -0.05) is 25.3 Å². The number of ether oxygens (including phenoxy) is 1. The normalized spacial score (nSPS) is 15.2. The maximum Gasteiger partial charge on any atom is 0.313 e. The molecule has 4 rings (SSSR count). The van der Waals surface area contributed by atoms with Gasteiger partial charge in [0.15, 0.2) is 0 Å². The van der Waals surface area contributed by atoms with Crippen molar-refractivity contribution in [3.05, 3.63) is 104 Å². The van der Waals surface area contributed by atoms with E-state index in [4.69, 9.17) is 9.84 Å². The number of H-pyrrole nitrogens is 2. The molecule has 0 bridgehead atoms. The van der Waals surface area contributed by atoms with E-state index in [0.717, 1.165) is 63.8 Å². The highest BCUT2D eigenvalue weighted by atomic mass is 32.1. The number of carbonyl (C=O) groups excluding carboxylic acids is 2. The zero-order valence-electron chi connectivity index (χ0n) is 31.1. The van der Waals surface area contributed by atoms with Crippen LogP contribution in [0.15, 0.2) is 59.0 Å². The summed E-state index contributed by atoms with van der Waals surface area (Å²) in [6.07, 6.45) is 7.58. The van der Waals surface area contributed by atoms with Gasteiger partial charge in [-0.15, -0.1) is 0 Å². The molecule has 53 heavy (non-hydrogen) atoms. The molecule has 7 N–H and O–H groups in total. The number of allylic oxidation sites excluding steroid dienone is 2. The van der Waals surface area contributed by atoms with Crippen LogP contribution in [0.3, 0.4) is 0 Å². The van der Waals surface area contributed by atoms with Crippen LogP contribution in [-0.2, 0) is 48.0 Å². The summed E-state index contributed by atoms with van der Waals surface area (Å²) in [4.78, 5) is 63.8. The molecule has 0 aliphatic carbocycles. The Morgan fingerprint density at radius 1 is 0.698 bits per heavy atom. The molecule has 2 aliphatic rings.